The Bertz CT molecular complexity index is 715. The molecule has 1 aliphatic heterocycles. The highest BCUT2D eigenvalue weighted by molar-refractivity contribution is 5.94. The fourth-order valence-electron chi connectivity index (χ4n) is 3.13. The Labute approximate surface area is 148 Å². The predicted molar refractivity (Wildman–Crippen MR) is 96.1 cm³/mol. The molecule has 2 heterocycles. The maximum Gasteiger partial charge on any atom is 0.253 e. The molecule has 5 nitrogen and oxygen atoms in total. The first-order valence-corrected chi connectivity index (χ1v) is 8.64. The second kappa shape index (κ2) is 8.01. The van der Waals surface area contributed by atoms with Crippen LogP contribution in [-0.4, -0.2) is 42.6 Å². The van der Waals surface area contributed by atoms with Crippen LogP contribution in [0.4, 0.5) is 0 Å². The largest absolute Gasteiger partial charge is 0.497 e. The van der Waals surface area contributed by atoms with Gasteiger partial charge in [0.1, 0.15) is 11.5 Å². The van der Waals surface area contributed by atoms with Crippen LogP contribution in [0.1, 0.15) is 28.9 Å². The van der Waals surface area contributed by atoms with Gasteiger partial charge in [-0.3, -0.25) is 9.78 Å². The van der Waals surface area contributed by atoms with Crippen molar-refractivity contribution in [3.8, 4) is 11.5 Å². The normalized spacial score (nSPS) is 17.2. The molecule has 0 spiro atoms. The Morgan fingerprint density at radius 3 is 2.76 bits per heavy atom. The topological polar surface area (TPSA) is 51.7 Å². The van der Waals surface area contributed by atoms with E-state index in [2.05, 4.69) is 4.98 Å². The van der Waals surface area contributed by atoms with Gasteiger partial charge in [0.05, 0.1) is 13.7 Å². The van der Waals surface area contributed by atoms with E-state index >= 15 is 0 Å². The van der Waals surface area contributed by atoms with Crippen molar-refractivity contribution in [2.45, 2.75) is 19.8 Å². The summed E-state index contributed by atoms with van der Waals surface area (Å²) in [5.74, 6) is 2.02. The molecule has 0 bridgehead atoms. The third kappa shape index (κ3) is 4.50. The van der Waals surface area contributed by atoms with Crippen LogP contribution in [0.15, 0.2) is 42.6 Å². The Balaban J connectivity index is 1.57. The first-order chi connectivity index (χ1) is 12.2. The summed E-state index contributed by atoms with van der Waals surface area (Å²) in [5.41, 5.74) is 1.64. The lowest BCUT2D eigenvalue weighted by molar-refractivity contribution is 0.0633. The minimum atomic E-state index is 0.0760. The van der Waals surface area contributed by atoms with E-state index in [4.69, 9.17) is 9.47 Å². The summed E-state index contributed by atoms with van der Waals surface area (Å²) in [5, 5.41) is 0. The van der Waals surface area contributed by atoms with Gasteiger partial charge in [0.15, 0.2) is 0 Å². The van der Waals surface area contributed by atoms with Gasteiger partial charge in [-0.05, 0) is 50.1 Å². The molecule has 2 aromatic rings. The lowest BCUT2D eigenvalue weighted by Crippen LogP contribution is -2.41. The SMILES string of the molecule is COc1ccc(C(=O)N2CCCC(COc3ccnc(C)c3)C2)cc1. The highest BCUT2D eigenvalue weighted by atomic mass is 16.5. The van der Waals surface area contributed by atoms with Crippen molar-refractivity contribution < 1.29 is 14.3 Å². The molecule has 0 radical (unpaired) electrons. The monoisotopic (exact) mass is 340 g/mol. The number of amides is 1. The van der Waals surface area contributed by atoms with Crippen LogP contribution in [0.5, 0.6) is 11.5 Å². The lowest BCUT2D eigenvalue weighted by atomic mass is 9.98. The van der Waals surface area contributed by atoms with Crippen molar-refractivity contribution in [3.63, 3.8) is 0 Å². The molecule has 5 heteroatoms. The number of aromatic nitrogens is 1. The molecule has 132 valence electrons. The average molecular weight is 340 g/mol. The van der Waals surface area contributed by atoms with Gasteiger partial charge in [-0.1, -0.05) is 0 Å². The second-order valence-corrected chi connectivity index (χ2v) is 6.43. The van der Waals surface area contributed by atoms with E-state index < -0.39 is 0 Å². The number of carbonyl (C=O) groups is 1. The molecule has 1 fully saturated rings. The summed E-state index contributed by atoms with van der Waals surface area (Å²) in [6.45, 7) is 4.10. The zero-order valence-corrected chi connectivity index (χ0v) is 14.8. The second-order valence-electron chi connectivity index (χ2n) is 6.43. The first-order valence-electron chi connectivity index (χ1n) is 8.64. The van der Waals surface area contributed by atoms with Crippen molar-refractivity contribution in [1.82, 2.24) is 9.88 Å². The van der Waals surface area contributed by atoms with Crippen LogP contribution in [0, 0.1) is 12.8 Å². The molecular weight excluding hydrogens is 316 g/mol. The van der Waals surface area contributed by atoms with Gasteiger partial charge in [0.25, 0.3) is 5.91 Å². The van der Waals surface area contributed by atoms with Gasteiger partial charge in [0.2, 0.25) is 0 Å². The highest BCUT2D eigenvalue weighted by Crippen LogP contribution is 2.21. The van der Waals surface area contributed by atoms with Gasteiger partial charge in [-0.15, -0.1) is 0 Å². The number of hydrogen-bond acceptors (Lipinski definition) is 4. The minimum absolute atomic E-state index is 0.0760. The number of carbonyl (C=O) groups excluding carboxylic acids is 1. The zero-order valence-electron chi connectivity index (χ0n) is 14.8. The predicted octanol–water partition coefficient (Wildman–Crippen LogP) is 3.33. The third-order valence-corrected chi connectivity index (χ3v) is 4.50. The van der Waals surface area contributed by atoms with E-state index in [1.807, 2.05) is 48.2 Å². The molecule has 1 amide bonds. The molecule has 1 aromatic heterocycles. The molecule has 0 N–H and O–H groups in total. The number of pyridine rings is 1. The minimum Gasteiger partial charge on any atom is -0.497 e. The number of methoxy groups -OCH3 is 1. The van der Waals surface area contributed by atoms with E-state index in [0.29, 0.717) is 18.1 Å². The van der Waals surface area contributed by atoms with Crippen molar-refractivity contribution in [2.24, 2.45) is 5.92 Å². The number of rotatable bonds is 5. The highest BCUT2D eigenvalue weighted by Gasteiger charge is 2.25. The molecule has 0 aliphatic carbocycles. The number of nitrogens with zero attached hydrogens (tertiary/aromatic N) is 2. The number of hydrogen-bond donors (Lipinski definition) is 0. The molecule has 1 atom stereocenters. The molecule has 0 saturated carbocycles. The van der Waals surface area contributed by atoms with Crippen molar-refractivity contribution in [3.05, 3.63) is 53.9 Å². The van der Waals surface area contributed by atoms with Crippen LogP contribution in [0.3, 0.4) is 0 Å². The van der Waals surface area contributed by atoms with Gasteiger partial charge >= 0.3 is 0 Å². The zero-order chi connectivity index (χ0) is 17.6. The number of piperidine rings is 1. The van der Waals surface area contributed by atoms with E-state index in [1.165, 1.54) is 0 Å². The summed E-state index contributed by atoms with van der Waals surface area (Å²) in [7, 11) is 1.62. The average Bonchev–Trinajstić information content (AvgIpc) is 2.66. The first kappa shape index (κ1) is 17.3. The van der Waals surface area contributed by atoms with Gasteiger partial charge < -0.3 is 14.4 Å². The molecule has 3 rings (SSSR count). The summed E-state index contributed by atoms with van der Waals surface area (Å²) >= 11 is 0. The molecule has 1 unspecified atom stereocenters. The number of benzene rings is 1. The Hall–Kier alpha value is -2.56. The number of likely N-dealkylation sites (tertiary alicyclic amines) is 1. The van der Waals surface area contributed by atoms with E-state index in [-0.39, 0.29) is 5.91 Å². The van der Waals surface area contributed by atoms with Crippen molar-refractivity contribution >= 4 is 5.91 Å². The van der Waals surface area contributed by atoms with E-state index in [9.17, 15) is 4.79 Å². The Morgan fingerprint density at radius 2 is 2.04 bits per heavy atom. The molecular formula is C20H24N2O3. The molecule has 1 saturated heterocycles. The van der Waals surface area contributed by atoms with Crippen molar-refractivity contribution in [1.29, 1.82) is 0 Å². The quantitative estimate of drug-likeness (QED) is 0.838. The summed E-state index contributed by atoms with van der Waals surface area (Å²) in [6.07, 6.45) is 3.84. The standard InChI is InChI=1S/C20H24N2O3/c1-15-12-19(9-10-21-15)25-14-16-4-3-11-22(13-16)20(23)17-5-7-18(24-2)8-6-17/h5-10,12,16H,3-4,11,13-14H2,1-2H3. The molecule has 1 aliphatic rings. The smallest absolute Gasteiger partial charge is 0.253 e. The third-order valence-electron chi connectivity index (χ3n) is 4.50. The maximum atomic E-state index is 12.7. The summed E-state index contributed by atoms with van der Waals surface area (Å²) in [4.78, 5) is 18.8. The van der Waals surface area contributed by atoms with E-state index in [0.717, 1.165) is 43.1 Å². The molecule has 25 heavy (non-hydrogen) atoms. The van der Waals surface area contributed by atoms with Crippen LogP contribution in [0.2, 0.25) is 0 Å². The number of aryl methyl sites for hydroxylation is 1. The van der Waals surface area contributed by atoms with Gasteiger partial charge in [-0.25, -0.2) is 0 Å². The summed E-state index contributed by atoms with van der Waals surface area (Å²) in [6, 6.07) is 11.1. The maximum absolute atomic E-state index is 12.7. The van der Waals surface area contributed by atoms with Crippen LogP contribution < -0.4 is 9.47 Å². The Morgan fingerprint density at radius 1 is 1.24 bits per heavy atom. The van der Waals surface area contributed by atoms with Gasteiger partial charge in [-0.2, -0.15) is 0 Å². The van der Waals surface area contributed by atoms with Crippen LogP contribution >= 0.6 is 0 Å². The fraction of sp³-hybridized carbons (Fsp3) is 0.400. The van der Waals surface area contributed by atoms with Crippen molar-refractivity contribution in [2.75, 3.05) is 26.8 Å². The fourth-order valence-corrected chi connectivity index (χ4v) is 3.13. The molecule has 1 aromatic carbocycles. The van der Waals surface area contributed by atoms with E-state index in [1.54, 1.807) is 13.3 Å². The number of ether oxygens (including phenoxy) is 2. The van der Waals surface area contributed by atoms with Crippen LogP contribution in [0.25, 0.3) is 0 Å². The van der Waals surface area contributed by atoms with Crippen LogP contribution in [-0.2, 0) is 0 Å². The lowest BCUT2D eigenvalue weighted by Gasteiger charge is -2.32. The Kier molecular flexibility index (Phi) is 5.53. The van der Waals surface area contributed by atoms with Gasteiger partial charge in [0, 0.05) is 42.5 Å². The summed E-state index contributed by atoms with van der Waals surface area (Å²) < 4.78 is 11.0.